The fourth-order valence-electron chi connectivity index (χ4n) is 1.63. The number of esters is 1. The molecule has 0 saturated carbocycles. The van der Waals surface area contributed by atoms with Gasteiger partial charge in [-0.1, -0.05) is 11.6 Å². The number of hydrogen-bond acceptors (Lipinski definition) is 3. The van der Waals surface area contributed by atoms with E-state index in [9.17, 15) is 4.79 Å². The average Bonchev–Trinajstić information content (AvgIpc) is 2.56. The first-order chi connectivity index (χ1) is 7.65. The van der Waals surface area contributed by atoms with Gasteiger partial charge in [0.05, 0.1) is 17.1 Å². The lowest BCUT2D eigenvalue weighted by Gasteiger charge is -2.00. The molecule has 2 aromatic heterocycles. The Morgan fingerprint density at radius 1 is 1.62 bits per heavy atom. The Kier molecular flexibility index (Phi) is 2.83. The molecule has 0 aromatic carbocycles. The number of fused-ring (bicyclic) bond motifs is 1. The number of H-pyrrole nitrogens is 1. The molecule has 0 radical (unpaired) electrons. The van der Waals surface area contributed by atoms with Crippen molar-refractivity contribution in [2.24, 2.45) is 0 Å². The maximum absolute atomic E-state index is 11.7. The van der Waals surface area contributed by atoms with Gasteiger partial charge in [0.25, 0.3) is 0 Å². The number of ether oxygens (including phenoxy) is 1. The molecule has 0 fully saturated rings. The number of carbonyl (C=O) groups is 1. The molecule has 0 aliphatic carbocycles. The normalized spacial score (nSPS) is 10.7. The Balaban J connectivity index is 2.65. The van der Waals surface area contributed by atoms with E-state index in [-0.39, 0.29) is 5.97 Å². The molecule has 5 heteroatoms. The van der Waals surface area contributed by atoms with E-state index in [1.54, 1.807) is 26.1 Å². The second-order valence-corrected chi connectivity index (χ2v) is 3.77. The fourth-order valence-corrected chi connectivity index (χ4v) is 1.82. The van der Waals surface area contributed by atoms with Crippen LogP contribution in [-0.4, -0.2) is 22.5 Å². The molecule has 84 valence electrons. The van der Waals surface area contributed by atoms with Crippen molar-refractivity contribution in [2.75, 3.05) is 6.61 Å². The maximum atomic E-state index is 11.7. The zero-order valence-corrected chi connectivity index (χ0v) is 9.76. The molecule has 2 heterocycles. The molecule has 16 heavy (non-hydrogen) atoms. The molecule has 0 aliphatic rings. The van der Waals surface area contributed by atoms with Crippen LogP contribution in [0.15, 0.2) is 12.3 Å². The summed E-state index contributed by atoms with van der Waals surface area (Å²) >= 11 is 6.00. The standard InChI is InChI=1S/C11H11ClN2O2/c1-3-16-11(15)8-6(2)14-9-7(12)4-5-13-10(8)9/h4-5,14H,3H2,1-2H3. The molecule has 0 atom stereocenters. The average molecular weight is 239 g/mol. The summed E-state index contributed by atoms with van der Waals surface area (Å²) in [6.45, 7) is 3.90. The summed E-state index contributed by atoms with van der Waals surface area (Å²) in [6.07, 6.45) is 1.57. The number of aromatic amines is 1. The van der Waals surface area contributed by atoms with Crippen LogP contribution in [0.25, 0.3) is 11.0 Å². The van der Waals surface area contributed by atoms with Crippen LogP contribution in [0.3, 0.4) is 0 Å². The van der Waals surface area contributed by atoms with Crippen molar-refractivity contribution in [3.8, 4) is 0 Å². The first-order valence-corrected chi connectivity index (χ1v) is 5.32. The number of halogens is 1. The molecule has 4 nitrogen and oxygen atoms in total. The minimum atomic E-state index is -0.374. The number of aryl methyl sites for hydroxylation is 1. The van der Waals surface area contributed by atoms with Gasteiger partial charge in [-0.2, -0.15) is 0 Å². The topological polar surface area (TPSA) is 55.0 Å². The third-order valence-electron chi connectivity index (χ3n) is 2.30. The van der Waals surface area contributed by atoms with Crippen LogP contribution in [-0.2, 0) is 4.74 Å². The van der Waals surface area contributed by atoms with Gasteiger partial charge in [0.1, 0.15) is 11.1 Å². The van der Waals surface area contributed by atoms with Gasteiger partial charge in [-0.25, -0.2) is 4.79 Å². The van der Waals surface area contributed by atoms with Crippen molar-refractivity contribution >= 4 is 28.6 Å². The van der Waals surface area contributed by atoms with E-state index in [1.165, 1.54) is 0 Å². The monoisotopic (exact) mass is 238 g/mol. The molecule has 0 aliphatic heterocycles. The highest BCUT2D eigenvalue weighted by Crippen LogP contribution is 2.26. The van der Waals surface area contributed by atoms with Crippen molar-refractivity contribution in [3.63, 3.8) is 0 Å². The first kappa shape index (κ1) is 11.0. The summed E-state index contributed by atoms with van der Waals surface area (Å²) in [6, 6.07) is 1.68. The largest absolute Gasteiger partial charge is 0.462 e. The number of hydrogen-bond donors (Lipinski definition) is 1. The van der Waals surface area contributed by atoms with E-state index in [1.807, 2.05) is 0 Å². The number of carbonyl (C=O) groups excluding carboxylic acids is 1. The van der Waals surface area contributed by atoms with E-state index in [0.29, 0.717) is 33.9 Å². The van der Waals surface area contributed by atoms with Crippen LogP contribution in [0.2, 0.25) is 5.02 Å². The van der Waals surface area contributed by atoms with E-state index in [4.69, 9.17) is 16.3 Å². The third kappa shape index (κ3) is 1.65. The lowest BCUT2D eigenvalue weighted by atomic mass is 10.2. The Labute approximate surface area is 97.6 Å². The Morgan fingerprint density at radius 3 is 3.06 bits per heavy atom. The van der Waals surface area contributed by atoms with E-state index >= 15 is 0 Å². The number of nitrogens with zero attached hydrogens (tertiary/aromatic N) is 1. The van der Waals surface area contributed by atoms with Crippen LogP contribution in [0.4, 0.5) is 0 Å². The third-order valence-corrected chi connectivity index (χ3v) is 2.62. The summed E-state index contributed by atoms with van der Waals surface area (Å²) in [5.41, 5.74) is 2.40. The second-order valence-electron chi connectivity index (χ2n) is 3.36. The highest BCUT2D eigenvalue weighted by atomic mass is 35.5. The molecule has 2 rings (SSSR count). The molecule has 2 aromatic rings. The molecule has 0 amide bonds. The van der Waals surface area contributed by atoms with Crippen molar-refractivity contribution < 1.29 is 9.53 Å². The van der Waals surface area contributed by atoms with Crippen molar-refractivity contribution in [3.05, 3.63) is 28.5 Å². The van der Waals surface area contributed by atoms with Crippen LogP contribution >= 0.6 is 11.6 Å². The summed E-state index contributed by atoms with van der Waals surface area (Å²) < 4.78 is 4.97. The van der Waals surface area contributed by atoms with Crippen LogP contribution in [0, 0.1) is 6.92 Å². The highest BCUT2D eigenvalue weighted by molar-refractivity contribution is 6.35. The fraction of sp³-hybridized carbons (Fsp3) is 0.273. The summed E-state index contributed by atoms with van der Waals surface area (Å²) in [7, 11) is 0. The highest BCUT2D eigenvalue weighted by Gasteiger charge is 2.19. The van der Waals surface area contributed by atoms with Gasteiger partial charge in [0.15, 0.2) is 0 Å². The van der Waals surface area contributed by atoms with Crippen LogP contribution in [0.1, 0.15) is 23.0 Å². The Hall–Kier alpha value is -1.55. The molecule has 0 bridgehead atoms. The van der Waals surface area contributed by atoms with Gasteiger partial charge < -0.3 is 9.72 Å². The summed E-state index contributed by atoms with van der Waals surface area (Å²) in [4.78, 5) is 18.9. The lowest BCUT2D eigenvalue weighted by molar-refractivity contribution is 0.0527. The quantitative estimate of drug-likeness (QED) is 0.819. The van der Waals surface area contributed by atoms with Crippen LogP contribution < -0.4 is 0 Å². The Morgan fingerprint density at radius 2 is 2.38 bits per heavy atom. The maximum Gasteiger partial charge on any atom is 0.342 e. The molecular weight excluding hydrogens is 228 g/mol. The van der Waals surface area contributed by atoms with Gasteiger partial charge >= 0.3 is 5.97 Å². The molecule has 0 spiro atoms. The first-order valence-electron chi connectivity index (χ1n) is 4.95. The SMILES string of the molecule is CCOC(=O)c1c(C)[nH]c2c(Cl)ccnc12. The second kappa shape index (κ2) is 4.14. The molecule has 1 N–H and O–H groups in total. The van der Waals surface area contributed by atoms with Gasteiger partial charge in [0, 0.05) is 11.9 Å². The van der Waals surface area contributed by atoms with Crippen molar-refractivity contribution in [1.29, 1.82) is 0 Å². The van der Waals surface area contributed by atoms with Crippen LogP contribution in [0.5, 0.6) is 0 Å². The van der Waals surface area contributed by atoms with E-state index in [2.05, 4.69) is 9.97 Å². The smallest absolute Gasteiger partial charge is 0.342 e. The zero-order valence-electron chi connectivity index (χ0n) is 9.00. The van der Waals surface area contributed by atoms with Crippen molar-refractivity contribution in [1.82, 2.24) is 9.97 Å². The molecule has 0 unspecified atom stereocenters. The predicted molar refractivity (Wildman–Crippen MR) is 61.8 cm³/mol. The summed E-state index contributed by atoms with van der Waals surface area (Å²) in [5.74, 6) is -0.374. The Bertz CT molecular complexity index is 548. The number of rotatable bonds is 2. The van der Waals surface area contributed by atoms with Gasteiger partial charge in [-0.15, -0.1) is 0 Å². The molecular formula is C11H11ClN2O2. The van der Waals surface area contributed by atoms with E-state index in [0.717, 1.165) is 0 Å². The van der Waals surface area contributed by atoms with Crippen molar-refractivity contribution in [2.45, 2.75) is 13.8 Å². The predicted octanol–water partition coefficient (Wildman–Crippen LogP) is 2.70. The number of nitrogens with one attached hydrogen (secondary N) is 1. The van der Waals surface area contributed by atoms with Gasteiger partial charge in [-0.3, -0.25) is 4.98 Å². The minimum absolute atomic E-state index is 0.339. The number of pyridine rings is 1. The van der Waals surface area contributed by atoms with Gasteiger partial charge in [-0.05, 0) is 19.9 Å². The lowest BCUT2D eigenvalue weighted by Crippen LogP contribution is -2.05. The molecule has 0 saturated heterocycles. The zero-order chi connectivity index (χ0) is 11.7. The summed E-state index contributed by atoms with van der Waals surface area (Å²) in [5, 5.41) is 0.545. The minimum Gasteiger partial charge on any atom is -0.462 e. The number of aromatic nitrogens is 2. The van der Waals surface area contributed by atoms with E-state index < -0.39 is 0 Å². The van der Waals surface area contributed by atoms with Gasteiger partial charge in [0.2, 0.25) is 0 Å².